The van der Waals surface area contributed by atoms with Crippen LogP contribution in [0.25, 0.3) is 0 Å². The second kappa shape index (κ2) is 7.15. The Morgan fingerprint density at radius 2 is 1.88 bits per heavy atom. The first-order valence-corrected chi connectivity index (χ1v) is 9.98. The van der Waals surface area contributed by atoms with Gasteiger partial charge in [-0.05, 0) is 74.3 Å². The Hall–Kier alpha value is -1.89. The number of aryl methyl sites for hydroxylation is 1. The van der Waals surface area contributed by atoms with Crippen molar-refractivity contribution < 1.29 is 8.42 Å². The number of hydrogen-bond acceptors (Lipinski definition) is 4. The van der Waals surface area contributed by atoms with Crippen molar-refractivity contribution in [2.75, 3.05) is 19.8 Å². The molecular weight excluding hydrogens is 334 g/mol. The monoisotopic (exact) mass is 359 g/mol. The van der Waals surface area contributed by atoms with E-state index < -0.39 is 10.0 Å². The minimum absolute atomic E-state index is 0.198. The van der Waals surface area contributed by atoms with E-state index in [0.29, 0.717) is 4.90 Å². The van der Waals surface area contributed by atoms with E-state index in [1.807, 2.05) is 49.3 Å². The van der Waals surface area contributed by atoms with Gasteiger partial charge in [0.2, 0.25) is 10.0 Å². The van der Waals surface area contributed by atoms with E-state index in [1.54, 1.807) is 12.1 Å². The van der Waals surface area contributed by atoms with E-state index in [2.05, 4.69) is 4.72 Å². The van der Waals surface area contributed by atoms with Crippen molar-refractivity contribution in [2.45, 2.75) is 36.7 Å². The standard InChI is InChI=1S/C19H25N3O2S/c1-22(2)13-14-6-9-17(10-7-14)25(23,24)21-19-5-3-4-15-12-16(20)8-11-18(15)19/h6-12,19,21H,3-5,13,20H2,1-2H3. The molecule has 0 fully saturated rings. The molecular formula is C19H25N3O2S. The van der Waals surface area contributed by atoms with Crippen LogP contribution in [0.2, 0.25) is 0 Å². The predicted octanol–water partition coefficient (Wildman–Crippen LogP) is 2.69. The van der Waals surface area contributed by atoms with Gasteiger partial charge < -0.3 is 10.6 Å². The molecule has 0 spiro atoms. The van der Waals surface area contributed by atoms with Gasteiger partial charge in [0.05, 0.1) is 4.90 Å². The highest BCUT2D eigenvalue weighted by Crippen LogP contribution is 2.32. The molecule has 134 valence electrons. The lowest BCUT2D eigenvalue weighted by Crippen LogP contribution is -2.31. The summed E-state index contributed by atoms with van der Waals surface area (Å²) in [6, 6.07) is 12.6. The number of anilines is 1. The Balaban J connectivity index is 1.81. The summed E-state index contributed by atoms with van der Waals surface area (Å²) in [7, 11) is 0.418. The van der Waals surface area contributed by atoms with Crippen LogP contribution in [0.3, 0.4) is 0 Å². The zero-order chi connectivity index (χ0) is 18.0. The highest BCUT2D eigenvalue weighted by Gasteiger charge is 2.25. The van der Waals surface area contributed by atoms with Gasteiger partial charge >= 0.3 is 0 Å². The van der Waals surface area contributed by atoms with Crippen LogP contribution in [0, 0.1) is 0 Å². The van der Waals surface area contributed by atoms with Crippen LogP contribution in [-0.2, 0) is 23.0 Å². The molecule has 0 heterocycles. The van der Waals surface area contributed by atoms with Crippen molar-refractivity contribution in [3.63, 3.8) is 0 Å². The fourth-order valence-corrected chi connectivity index (χ4v) is 4.60. The molecule has 5 nitrogen and oxygen atoms in total. The summed E-state index contributed by atoms with van der Waals surface area (Å²) in [5.74, 6) is 0. The summed E-state index contributed by atoms with van der Waals surface area (Å²) in [5.41, 5.74) is 9.83. The quantitative estimate of drug-likeness (QED) is 0.805. The van der Waals surface area contributed by atoms with Gasteiger partial charge in [-0.2, -0.15) is 0 Å². The number of hydrogen-bond donors (Lipinski definition) is 2. The van der Waals surface area contributed by atoms with Gasteiger partial charge in [0, 0.05) is 18.3 Å². The van der Waals surface area contributed by atoms with E-state index in [4.69, 9.17) is 5.73 Å². The Bertz CT molecular complexity index is 845. The number of rotatable bonds is 5. The lowest BCUT2D eigenvalue weighted by molar-refractivity contribution is 0.402. The maximum absolute atomic E-state index is 12.8. The summed E-state index contributed by atoms with van der Waals surface area (Å²) in [6.07, 6.45) is 2.69. The van der Waals surface area contributed by atoms with Gasteiger partial charge in [0.1, 0.15) is 0 Å². The summed E-state index contributed by atoms with van der Waals surface area (Å²) < 4.78 is 28.4. The first-order valence-electron chi connectivity index (χ1n) is 8.49. The summed E-state index contributed by atoms with van der Waals surface area (Å²) in [4.78, 5) is 2.35. The fourth-order valence-electron chi connectivity index (χ4n) is 3.35. The third-order valence-corrected chi connectivity index (χ3v) is 6.00. The van der Waals surface area contributed by atoms with Gasteiger partial charge in [0.15, 0.2) is 0 Å². The smallest absolute Gasteiger partial charge is 0.241 e. The second-order valence-corrected chi connectivity index (χ2v) is 8.62. The molecule has 0 saturated heterocycles. The average Bonchev–Trinajstić information content (AvgIpc) is 2.54. The molecule has 2 aromatic carbocycles. The molecule has 0 radical (unpaired) electrons. The molecule has 2 aromatic rings. The molecule has 1 atom stereocenters. The maximum Gasteiger partial charge on any atom is 0.241 e. The number of benzene rings is 2. The van der Waals surface area contributed by atoms with E-state index in [9.17, 15) is 8.42 Å². The van der Waals surface area contributed by atoms with Gasteiger partial charge in [0.25, 0.3) is 0 Å². The molecule has 0 aliphatic heterocycles. The van der Waals surface area contributed by atoms with Crippen molar-refractivity contribution in [3.05, 3.63) is 59.2 Å². The molecule has 6 heteroatoms. The van der Waals surface area contributed by atoms with E-state index in [-0.39, 0.29) is 6.04 Å². The zero-order valence-electron chi connectivity index (χ0n) is 14.7. The van der Waals surface area contributed by atoms with Crippen molar-refractivity contribution >= 4 is 15.7 Å². The largest absolute Gasteiger partial charge is 0.399 e. The first kappa shape index (κ1) is 17.9. The zero-order valence-corrected chi connectivity index (χ0v) is 15.5. The summed E-state index contributed by atoms with van der Waals surface area (Å²) in [6.45, 7) is 0.783. The van der Waals surface area contributed by atoms with E-state index >= 15 is 0 Å². The molecule has 3 rings (SSSR count). The number of nitrogens with one attached hydrogen (secondary N) is 1. The normalized spacial score (nSPS) is 17.5. The lowest BCUT2D eigenvalue weighted by atomic mass is 9.88. The van der Waals surface area contributed by atoms with Gasteiger partial charge in [-0.1, -0.05) is 18.2 Å². The number of sulfonamides is 1. The van der Waals surface area contributed by atoms with Crippen LogP contribution in [0.1, 0.15) is 35.6 Å². The third-order valence-electron chi connectivity index (χ3n) is 4.51. The van der Waals surface area contributed by atoms with Crippen molar-refractivity contribution in [1.82, 2.24) is 9.62 Å². The molecule has 1 aliphatic rings. The summed E-state index contributed by atoms with van der Waals surface area (Å²) in [5, 5.41) is 0. The Morgan fingerprint density at radius 3 is 2.56 bits per heavy atom. The topological polar surface area (TPSA) is 75.4 Å². The van der Waals surface area contributed by atoms with E-state index in [1.165, 1.54) is 0 Å². The molecule has 0 amide bonds. The molecule has 1 aliphatic carbocycles. The molecule has 25 heavy (non-hydrogen) atoms. The minimum Gasteiger partial charge on any atom is -0.399 e. The molecule has 0 saturated carbocycles. The maximum atomic E-state index is 12.8. The number of fused-ring (bicyclic) bond motifs is 1. The molecule has 0 bridgehead atoms. The van der Waals surface area contributed by atoms with Crippen LogP contribution in [-0.4, -0.2) is 27.4 Å². The van der Waals surface area contributed by atoms with Crippen LogP contribution in [0.5, 0.6) is 0 Å². The summed E-state index contributed by atoms with van der Waals surface area (Å²) >= 11 is 0. The van der Waals surface area contributed by atoms with Gasteiger partial charge in [-0.3, -0.25) is 0 Å². The predicted molar refractivity (Wildman–Crippen MR) is 101 cm³/mol. The highest BCUT2D eigenvalue weighted by molar-refractivity contribution is 7.89. The fraction of sp³-hybridized carbons (Fsp3) is 0.368. The Labute approximate surface area is 149 Å². The van der Waals surface area contributed by atoms with Gasteiger partial charge in [-0.15, -0.1) is 0 Å². The SMILES string of the molecule is CN(C)Cc1ccc(S(=O)(=O)NC2CCCc3cc(N)ccc32)cc1. The van der Waals surface area contributed by atoms with Crippen LogP contribution < -0.4 is 10.5 Å². The highest BCUT2D eigenvalue weighted by atomic mass is 32.2. The number of nitrogen functional groups attached to an aromatic ring is 1. The second-order valence-electron chi connectivity index (χ2n) is 6.91. The molecule has 1 unspecified atom stereocenters. The van der Waals surface area contributed by atoms with Crippen LogP contribution in [0.15, 0.2) is 47.4 Å². The first-order chi connectivity index (χ1) is 11.8. The van der Waals surface area contributed by atoms with Crippen molar-refractivity contribution in [2.24, 2.45) is 0 Å². The van der Waals surface area contributed by atoms with Crippen molar-refractivity contribution in [3.8, 4) is 0 Å². The Kier molecular flexibility index (Phi) is 5.13. The third kappa shape index (κ3) is 4.21. The van der Waals surface area contributed by atoms with Crippen LogP contribution >= 0.6 is 0 Å². The van der Waals surface area contributed by atoms with Crippen LogP contribution in [0.4, 0.5) is 5.69 Å². The van der Waals surface area contributed by atoms with Gasteiger partial charge in [-0.25, -0.2) is 13.1 Å². The van der Waals surface area contributed by atoms with E-state index in [0.717, 1.165) is 48.2 Å². The lowest BCUT2D eigenvalue weighted by Gasteiger charge is -2.26. The Morgan fingerprint density at radius 1 is 1.16 bits per heavy atom. The number of nitrogens with zero attached hydrogens (tertiary/aromatic N) is 1. The molecule has 0 aromatic heterocycles. The van der Waals surface area contributed by atoms with Crippen molar-refractivity contribution in [1.29, 1.82) is 0 Å². The molecule has 3 N–H and O–H groups in total. The minimum atomic E-state index is -3.55. The number of nitrogens with two attached hydrogens (primary N) is 1. The average molecular weight is 359 g/mol.